The Morgan fingerprint density at radius 1 is 0.889 bits per heavy atom. The average molecular weight is 371 g/mol. The van der Waals surface area contributed by atoms with Crippen LogP contribution in [0.1, 0.15) is 71.0 Å². The molecule has 0 atom stereocenters. The van der Waals surface area contributed by atoms with E-state index in [1.807, 2.05) is 69.5 Å². The molecule has 0 aromatic carbocycles. The molecule has 0 bridgehead atoms. The number of piperidine rings is 1. The fraction of sp³-hybridized carbons (Fsp3) is 0.727. The second kappa shape index (κ2) is 19.5. The van der Waals surface area contributed by atoms with Crippen LogP contribution >= 0.6 is 0 Å². The van der Waals surface area contributed by atoms with Crippen molar-refractivity contribution in [3.63, 3.8) is 0 Å². The maximum atomic E-state index is 4.75. The summed E-state index contributed by atoms with van der Waals surface area (Å²) in [5.74, 6) is 2.17. The van der Waals surface area contributed by atoms with Crippen LogP contribution < -0.4 is 4.90 Å². The number of nitrogens with zero attached hydrogens (tertiary/aromatic N) is 3. The molecule has 1 aromatic rings. The topological polar surface area (TPSA) is 29.0 Å². The molecule has 1 saturated heterocycles. The molecular weight excluding hydrogens is 328 g/mol. The molecule has 0 unspecified atom stereocenters. The normalized spacial score (nSPS) is 13.1. The minimum atomic E-state index is 0.925. The van der Waals surface area contributed by atoms with Gasteiger partial charge in [-0.05, 0) is 19.3 Å². The minimum Gasteiger partial charge on any atom is -0.356 e. The molecule has 0 saturated carbocycles. The SMILES string of the molecule is CC.CC.CCc1nc2c(c(N3CCCCC3)n1)C=CC2.C[B]C.C[B]C. The van der Waals surface area contributed by atoms with Crippen molar-refractivity contribution in [1.29, 1.82) is 0 Å². The zero-order chi connectivity index (χ0) is 21.1. The van der Waals surface area contributed by atoms with Gasteiger partial charge in [-0.1, -0.05) is 74.1 Å². The average Bonchev–Trinajstić information content (AvgIpc) is 3.21. The molecule has 2 radical (unpaired) electrons. The van der Waals surface area contributed by atoms with Crippen LogP contribution in [0.25, 0.3) is 6.08 Å². The summed E-state index contributed by atoms with van der Waals surface area (Å²) in [6.45, 7) is 20.4. The van der Waals surface area contributed by atoms with Crippen molar-refractivity contribution < 1.29 is 0 Å². The largest absolute Gasteiger partial charge is 0.356 e. The predicted octanol–water partition coefficient (Wildman–Crippen LogP) is 6.22. The van der Waals surface area contributed by atoms with E-state index in [0.717, 1.165) is 31.8 Å². The van der Waals surface area contributed by atoms with Gasteiger partial charge in [0.25, 0.3) is 0 Å². The lowest BCUT2D eigenvalue weighted by atomic mass is 9.88. The van der Waals surface area contributed by atoms with Crippen LogP contribution in [-0.2, 0) is 12.8 Å². The first-order valence-corrected chi connectivity index (χ1v) is 11.0. The van der Waals surface area contributed by atoms with Crippen molar-refractivity contribution in [2.75, 3.05) is 18.0 Å². The molecule has 5 heteroatoms. The number of fused-ring (bicyclic) bond motifs is 1. The number of hydrogen-bond donors (Lipinski definition) is 0. The molecule has 1 aliphatic carbocycles. The van der Waals surface area contributed by atoms with Crippen molar-refractivity contribution in [3.8, 4) is 0 Å². The molecule has 27 heavy (non-hydrogen) atoms. The van der Waals surface area contributed by atoms with Crippen LogP contribution in [0, 0.1) is 0 Å². The van der Waals surface area contributed by atoms with Gasteiger partial charge < -0.3 is 4.90 Å². The van der Waals surface area contributed by atoms with Gasteiger partial charge in [-0.25, -0.2) is 9.97 Å². The molecule has 2 heterocycles. The highest BCUT2D eigenvalue weighted by Gasteiger charge is 2.20. The molecule has 3 rings (SSSR count). The van der Waals surface area contributed by atoms with Gasteiger partial charge in [0.1, 0.15) is 26.2 Å². The van der Waals surface area contributed by atoms with Gasteiger partial charge >= 0.3 is 0 Å². The lowest BCUT2D eigenvalue weighted by Crippen LogP contribution is -2.31. The summed E-state index contributed by atoms with van der Waals surface area (Å²) in [6.07, 6.45) is 10.2. The molecule has 152 valence electrons. The maximum Gasteiger partial charge on any atom is 0.139 e. The monoisotopic (exact) mass is 371 g/mol. The quantitative estimate of drug-likeness (QED) is 0.578. The van der Waals surface area contributed by atoms with Gasteiger partial charge in [0, 0.05) is 31.5 Å². The molecule has 3 nitrogen and oxygen atoms in total. The van der Waals surface area contributed by atoms with Crippen molar-refractivity contribution in [3.05, 3.63) is 23.2 Å². The third-order valence-corrected chi connectivity index (χ3v) is 3.62. The Balaban J connectivity index is 0. The van der Waals surface area contributed by atoms with Crippen LogP contribution in [0.3, 0.4) is 0 Å². The smallest absolute Gasteiger partial charge is 0.139 e. The van der Waals surface area contributed by atoms with E-state index in [1.54, 1.807) is 0 Å². The molecule has 1 aromatic heterocycles. The summed E-state index contributed by atoms with van der Waals surface area (Å²) >= 11 is 0. The predicted molar refractivity (Wildman–Crippen MR) is 128 cm³/mol. The highest BCUT2D eigenvalue weighted by molar-refractivity contribution is 6.31. The Morgan fingerprint density at radius 3 is 1.89 bits per heavy atom. The summed E-state index contributed by atoms with van der Waals surface area (Å²) in [5, 5.41) is 0. The zero-order valence-electron chi connectivity index (χ0n) is 19.6. The number of anilines is 1. The van der Waals surface area contributed by atoms with Crippen LogP contribution in [0.15, 0.2) is 6.08 Å². The summed E-state index contributed by atoms with van der Waals surface area (Å²) < 4.78 is 0. The lowest BCUT2D eigenvalue weighted by molar-refractivity contribution is 0.571. The first-order chi connectivity index (χ1) is 13.2. The number of allylic oxidation sites excluding steroid dienone is 1. The van der Waals surface area contributed by atoms with Gasteiger partial charge in [0.2, 0.25) is 0 Å². The van der Waals surface area contributed by atoms with Gasteiger partial charge in [-0.2, -0.15) is 0 Å². The van der Waals surface area contributed by atoms with Crippen molar-refractivity contribution >= 4 is 26.5 Å². The molecular formula is C22H43B2N3. The number of rotatable bonds is 2. The van der Waals surface area contributed by atoms with Crippen molar-refractivity contribution in [2.45, 2.75) is 94.0 Å². The van der Waals surface area contributed by atoms with E-state index in [-0.39, 0.29) is 0 Å². The van der Waals surface area contributed by atoms with E-state index in [2.05, 4.69) is 29.0 Å². The fourth-order valence-corrected chi connectivity index (χ4v) is 2.67. The Morgan fingerprint density at radius 2 is 1.41 bits per heavy atom. The molecule has 0 amide bonds. The highest BCUT2D eigenvalue weighted by Crippen LogP contribution is 2.29. The first kappa shape index (κ1) is 28.0. The van der Waals surface area contributed by atoms with E-state index in [4.69, 9.17) is 4.98 Å². The summed E-state index contributed by atoms with van der Waals surface area (Å²) in [6, 6.07) is 0. The van der Waals surface area contributed by atoms with Crippen LogP contribution in [0.5, 0.6) is 0 Å². The van der Waals surface area contributed by atoms with Gasteiger partial charge in [-0.15, -0.1) is 0 Å². The van der Waals surface area contributed by atoms with E-state index in [1.165, 1.54) is 36.3 Å². The Labute approximate surface area is 171 Å². The second-order valence-corrected chi connectivity index (χ2v) is 5.99. The first-order valence-electron chi connectivity index (χ1n) is 11.0. The van der Waals surface area contributed by atoms with Gasteiger partial charge in [0.15, 0.2) is 0 Å². The maximum absolute atomic E-state index is 4.75. The lowest BCUT2D eigenvalue weighted by Gasteiger charge is -2.29. The molecule has 0 N–H and O–H groups in total. The summed E-state index contributed by atoms with van der Waals surface area (Å²) in [7, 11) is 4.00. The molecule has 2 aliphatic rings. The van der Waals surface area contributed by atoms with E-state index in [9.17, 15) is 0 Å². The van der Waals surface area contributed by atoms with E-state index >= 15 is 0 Å². The van der Waals surface area contributed by atoms with E-state index < -0.39 is 0 Å². The summed E-state index contributed by atoms with van der Waals surface area (Å²) in [5.41, 5.74) is 2.49. The van der Waals surface area contributed by atoms with Gasteiger partial charge in [0.05, 0.1) is 5.69 Å². The summed E-state index contributed by atoms with van der Waals surface area (Å²) in [4.78, 5) is 11.8. The molecule has 1 fully saturated rings. The number of aromatic nitrogens is 2. The number of aryl methyl sites for hydroxylation is 1. The highest BCUT2D eigenvalue weighted by atomic mass is 15.2. The Kier molecular flexibility index (Phi) is 20.2. The Hall–Kier alpha value is -1.25. The van der Waals surface area contributed by atoms with Crippen molar-refractivity contribution in [1.82, 2.24) is 9.97 Å². The standard InChI is InChI=1S/C14H19N3.2C2H6B.2C2H6/c1-2-13-15-12-8-6-7-11(12)14(16-13)17-9-4-3-5-10-17;2*1-3-2;2*1-2/h6-7H,2-5,8-10H2,1H3;2*1-2H3;2*1-2H3. The van der Waals surface area contributed by atoms with Crippen LogP contribution in [0.2, 0.25) is 27.3 Å². The van der Waals surface area contributed by atoms with Crippen LogP contribution in [0.4, 0.5) is 5.82 Å². The van der Waals surface area contributed by atoms with E-state index in [0.29, 0.717) is 0 Å². The van der Waals surface area contributed by atoms with Crippen molar-refractivity contribution in [2.24, 2.45) is 0 Å². The molecule has 0 spiro atoms. The van der Waals surface area contributed by atoms with Crippen LogP contribution in [-0.4, -0.2) is 37.6 Å². The fourth-order valence-electron chi connectivity index (χ4n) is 2.67. The zero-order valence-corrected chi connectivity index (χ0v) is 19.6. The Bertz CT molecular complexity index is 483. The third-order valence-electron chi connectivity index (χ3n) is 3.62. The minimum absolute atomic E-state index is 0.925. The number of hydrogen-bond acceptors (Lipinski definition) is 3. The molecule has 1 aliphatic heterocycles. The third kappa shape index (κ3) is 10.6. The second-order valence-electron chi connectivity index (χ2n) is 5.99. The van der Waals surface area contributed by atoms with Gasteiger partial charge in [-0.3, -0.25) is 0 Å².